The van der Waals surface area contributed by atoms with E-state index in [0.717, 1.165) is 29.4 Å². The van der Waals surface area contributed by atoms with Crippen LogP contribution in [0.4, 0.5) is 11.4 Å². The van der Waals surface area contributed by atoms with Crippen LogP contribution in [0.1, 0.15) is 24.9 Å². The van der Waals surface area contributed by atoms with E-state index in [0.29, 0.717) is 18.8 Å². The van der Waals surface area contributed by atoms with Crippen LogP contribution < -0.4 is 15.8 Å². The standard InChI is InChI=1S/C15H20N4O/c1-3-9-20-14-6-4-5-13(15(14)16)18-10-12-7-8-17-11(2)19-12/h4-8,18H,3,9-10,16H2,1-2H3. The molecular formula is C15H20N4O. The average Bonchev–Trinajstić information content (AvgIpc) is 2.45. The molecule has 0 unspecified atom stereocenters. The smallest absolute Gasteiger partial charge is 0.144 e. The molecule has 0 radical (unpaired) electrons. The molecule has 0 fully saturated rings. The zero-order chi connectivity index (χ0) is 14.4. The van der Waals surface area contributed by atoms with Crippen LogP contribution in [-0.4, -0.2) is 16.6 Å². The van der Waals surface area contributed by atoms with E-state index in [1.807, 2.05) is 31.2 Å². The van der Waals surface area contributed by atoms with E-state index in [2.05, 4.69) is 22.2 Å². The highest BCUT2D eigenvalue weighted by Crippen LogP contribution is 2.29. The van der Waals surface area contributed by atoms with Crippen LogP contribution in [0.3, 0.4) is 0 Å². The van der Waals surface area contributed by atoms with E-state index in [4.69, 9.17) is 10.5 Å². The normalized spacial score (nSPS) is 10.3. The van der Waals surface area contributed by atoms with Gasteiger partial charge in [-0.2, -0.15) is 0 Å². The van der Waals surface area contributed by atoms with Crippen molar-refractivity contribution in [2.75, 3.05) is 17.7 Å². The van der Waals surface area contributed by atoms with Crippen LogP contribution in [0.15, 0.2) is 30.5 Å². The fourth-order valence-electron chi connectivity index (χ4n) is 1.83. The third kappa shape index (κ3) is 3.60. The van der Waals surface area contributed by atoms with E-state index in [-0.39, 0.29) is 0 Å². The molecule has 0 aliphatic heterocycles. The van der Waals surface area contributed by atoms with E-state index >= 15 is 0 Å². The van der Waals surface area contributed by atoms with E-state index < -0.39 is 0 Å². The minimum atomic E-state index is 0.602. The van der Waals surface area contributed by atoms with Gasteiger partial charge in [0.25, 0.3) is 0 Å². The van der Waals surface area contributed by atoms with Crippen LogP contribution in [0, 0.1) is 6.92 Å². The Labute approximate surface area is 119 Å². The maximum atomic E-state index is 6.10. The highest BCUT2D eigenvalue weighted by atomic mass is 16.5. The topological polar surface area (TPSA) is 73.1 Å². The van der Waals surface area contributed by atoms with E-state index in [1.54, 1.807) is 6.20 Å². The summed E-state index contributed by atoms with van der Waals surface area (Å²) in [5.74, 6) is 1.48. The first-order valence-corrected chi connectivity index (χ1v) is 6.74. The maximum Gasteiger partial charge on any atom is 0.144 e. The van der Waals surface area contributed by atoms with Crippen molar-refractivity contribution in [1.82, 2.24) is 9.97 Å². The number of para-hydroxylation sites is 1. The van der Waals surface area contributed by atoms with Crippen molar-refractivity contribution in [3.8, 4) is 5.75 Å². The van der Waals surface area contributed by atoms with Gasteiger partial charge in [0.2, 0.25) is 0 Å². The van der Waals surface area contributed by atoms with Gasteiger partial charge in [-0.1, -0.05) is 13.0 Å². The molecule has 2 rings (SSSR count). The minimum Gasteiger partial charge on any atom is -0.491 e. The molecule has 5 nitrogen and oxygen atoms in total. The summed E-state index contributed by atoms with van der Waals surface area (Å²) in [7, 11) is 0. The van der Waals surface area contributed by atoms with Gasteiger partial charge in [-0.3, -0.25) is 0 Å². The Morgan fingerprint density at radius 3 is 2.90 bits per heavy atom. The quantitative estimate of drug-likeness (QED) is 0.791. The van der Waals surface area contributed by atoms with Crippen molar-refractivity contribution in [3.05, 3.63) is 42.0 Å². The van der Waals surface area contributed by atoms with Gasteiger partial charge in [-0.15, -0.1) is 0 Å². The highest BCUT2D eigenvalue weighted by molar-refractivity contribution is 5.72. The van der Waals surface area contributed by atoms with E-state index in [9.17, 15) is 0 Å². The van der Waals surface area contributed by atoms with Gasteiger partial charge in [0, 0.05) is 6.20 Å². The van der Waals surface area contributed by atoms with Crippen molar-refractivity contribution in [1.29, 1.82) is 0 Å². The van der Waals surface area contributed by atoms with Crippen LogP contribution in [0.25, 0.3) is 0 Å². The second-order valence-corrected chi connectivity index (χ2v) is 4.51. The molecule has 0 atom stereocenters. The number of hydrogen-bond acceptors (Lipinski definition) is 5. The predicted octanol–water partition coefficient (Wildman–Crippen LogP) is 2.77. The van der Waals surface area contributed by atoms with Gasteiger partial charge >= 0.3 is 0 Å². The molecule has 0 spiro atoms. The molecule has 0 saturated heterocycles. The molecule has 3 N–H and O–H groups in total. The molecule has 0 aliphatic rings. The minimum absolute atomic E-state index is 0.602. The van der Waals surface area contributed by atoms with Crippen molar-refractivity contribution in [2.45, 2.75) is 26.8 Å². The lowest BCUT2D eigenvalue weighted by Crippen LogP contribution is -2.06. The Morgan fingerprint density at radius 1 is 1.30 bits per heavy atom. The Morgan fingerprint density at radius 2 is 2.15 bits per heavy atom. The van der Waals surface area contributed by atoms with Gasteiger partial charge in [-0.25, -0.2) is 9.97 Å². The number of anilines is 2. The molecule has 1 aromatic heterocycles. The molecule has 1 aromatic carbocycles. The van der Waals surface area contributed by atoms with E-state index in [1.165, 1.54) is 0 Å². The van der Waals surface area contributed by atoms with Gasteiger partial charge in [0.1, 0.15) is 11.6 Å². The number of nitrogen functional groups attached to an aromatic ring is 1. The lowest BCUT2D eigenvalue weighted by molar-refractivity contribution is 0.319. The van der Waals surface area contributed by atoms with Crippen molar-refractivity contribution < 1.29 is 4.74 Å². The number of aromatic nitrogens is 2. The van der Waals surface area contributed by atoms with Crippen molar-refractivity contribution in [2.24, 2.45) is 0 Å². The number of hydrogen-bond donors (Lipinski definition) is 2. The number of nitrogens with zero attached hydrogens (tertiary/aromatic N) is 2. The molecule has 1 heterocycles. The summed E-state index contributed by atoms with van der Waals surface area (Å²) in [6.45, 7) is 5.20. The summed E-state index contributed by atoms with van der Waals surface area (Å²) in [4.78, 5) is 8.42. The number of benzene rings is 1. The number of ether oxygens (including phenoxy) is 1. The van der Waals surface area contributed by atoms with Gasteiger partial charge in [0.05, 0.1) is 30.2 Å². The lowest BCUT2D eigenvalue weighted by Gasteiger charge is -2.13. The van der Waals surface area contributed by atoms with Gasteiger partial charge in [0.15, 0.2) is 0 Å². The molecule has 20 heavy (non-hydrogen) atoms. The summed E-state index contributed by atoms with van der Waals surface area (Å²) in [6, 6.07) is 7.62. The molecular weight excluding hydrogens is 252 g/mol. The lowest BCUT2D eigenvalue weighted by atomic mass is 10.2. The first-order valence-electron chi connectivity index (χ1n) is 6.74. The van der Waals surface area contributed by atoms with Crippen LogP contribution >= 0.6 is 0 Å². The highest BCUT2D eigenvalue weighted by Gasteiger charge is 2.06. The number of aryl methyl sites for hydroxylation is 1. The third-order valence-corrected chi connectivity index (χ3v) is 2.82. The Kier molecular flexibility index (Phi) is 4.76. The van der Waals surface area contributed by atoms with Gasteiger partial charge < -0.3 is 15.8 Å². The van der Waals surface area contributed by atoms with Crippen molar-refractivity contribution in [3.63, 3.8) is 0 Å². The first kappa shape index (κ1) is 14.1. The zero-order valence-electron chi connectivity index (χ0n) is 11.9. The second-order valence-electron chi connectivity index (χ2n) is 4.51. The SMILES string of the molecule is CCCOc1cccc(NCc2ccnc(C)n2)c1N. The summed E-state index contributed by atoms with van der Waals surface area (Å²) >= 11 is 0. The van der Waals surface area contributed by atoms with Crippen LogP contribution in [-0.2, 0) is 6.54 Å². The van der Waals surface area contributed by atoms with Crippen molar-refractivity contribution >= 4 is 11.4 Å². The fourth-order valence-corrected chi connectivity index (χ4v) is 1.83. The van der Waals surface area contributed by atoms with Crippen LogP contribution in [0.5, 0.6) is 5.75 Å². The average molecular weight is 272 g/mol. The molecule has 0 amide bonds. The number of rotatable bonds is 6. The summed E-state index contributed by atoms with van der Waals surface area (Å²) < 4.78 is 5.61. The largest absolute Gasteiger partial charge is 0.491 e. The zero-order valence-corrected chi connectivity index (χ0v) is 11.9. The molecule has 0 saturated carbocycles. The predicted molar refractivity (Wildman–Crippen MR) is 80.7 cm³/mol. The summed E-state index contributed by atoms with van der Waals surface area (Å²) in [5.41, 5.74) is 8.51. The first-order chi connectivity index (χ1) is 9.70. The Balaban J connectivity index is 2.06. The summed E-state index contributed by atoms with van der Waals surface area (Å²) in [6.07, 6.45) is 2.71. The monoisotopic (exact) mass is 272 g/mol. The fraction of sp³-hybridized carbons (Fsp3) is 0.333. The third-order valence-electron chi connectivity index (χ3n) is 2.82. The number of nitrogens with two attached hydrogens (primary N) is 1. The number of nitrogens with one attached hydrogen (secondary N) is 1. The molecule has 0 aliphatic carbocycles. The molecule has 0 bridgehead atoms. The van der Waals surface area contributed by atoms with Crippen LogP contribution in [0.2, 0.25) is 0 Å². The Bertz CT molecular complexity index is 572. The molecule has 2 aromatic rings. The van der Waals surface area contributed by atoms with Gasteiger partial charge in [-0.05, 0) is 31.5 Å². The Hall–Kier alpha value is -2.30. The summed E-state index contributed by atoms with van der Waals surface area (Å²) in [5, 5.41) is 3.28. The second kappa shape index (κ2) is 6.75. The molecule has 106 valence electrons. The molecule has 5 heteroatoms. The maximum absolute atomic E-state index is 6.10.